The second-order valence-electron chi connectivity index (χ2n) is 5.96. The van der Waals surface area contributed by atoms with Gasteiger partial charge in [-0.05, 0) is 36.8 Å². The highest BCUT2D eigenvalue weighted by Crippen LogP contribution is 2.56. The number of rotatable bonds is 5. The molecule has 3 atom stereocenters. The maximum absolute atomic E-state index is 13.1. The van der Waals surface area contributed by atoms with Crippen molar-refractivity contribution in [3.63, 3.8) is 0 Å². The van der Waals surface area contributed by atoms with Gasteiger partial charge in [0, 0.05) is 10.9 Å². The number of carbonyl (C=O) groups is 1. The van der Waals surface area contributed by atoms with E-state index >= 15 is 0 Å². The monoisotopic (exact) mass is 379 g/mol. The summed E-state index contributed by atoms with van der Waals surface area (Å²) >= 11 is 5.84. The zero-order valence-electron chi connectivity index (χ0n) is 13.6. The zero-order chi connectivity index (χ0) is 18.2. The standard InChI is InChI=1S/C18H18ClNO4S/c1-2-24-17(21)18(20)15(12-6-4-3-5-7-12)16(18)25(22,23)14-10-8-13(19)9-11-14/h3-11,15-16H,2,20H2,1H3/t15-,16+,18-/m1/s1. The van der Waals surface area contributed by atoms with Gasteiger partial charge in [0.15, 0.2) is 9.84 Å². The molecular formula is C18H18ClNO4S. The van der Waals surface area contributed by atoms with Gasteiger partial charge in [-0.2, -0.15) is 0 Å². The first kappa shape index (κ1) is 17.9. The molecule has 0 amide bonds. The third-order valence-electron chi connectivity index (χ3n) is 4.44. The first-order valence-electron chi connectivity index (χ1n) is 7.84. The number of carbonyl (C=O) groups excluding carboxylic acids is 1. The van der Waals surface area contributed by atoms with Crippen LogP contribution in [0.4, 0.5) is 0 Å². The molecule has 3 rings (SSSR count). The fourth-order valence-electron chi connectivity index (χ4n) is 3.19. The number of hydrogen-bond acceptors (Lipinski definition) is 5. The summed E-state index contributed by atoms with van der Waals surface area (Å²) in [5, 5.41) is -0.651. The largest absolute Gasteiger partial charge is 0.465 e. The van der Waals surface area contributed by atoms with E-state index in [2.05, 4.69) is 0 Å². The summed E-state index contributed by atoms with van der Waals surface area (Å²) in [6, 6.07) is 14.8. The van der Waals surface area contributed by atoms with Gasteiger partial charge >= 0.3 is 5.97 Å². The lowest BCUT2D eigenvalue weighted by molar-refractivity contribution is -0.145. The van der Waals surface area contributed by atoms with Crippen LogP contribution in [0.3, 0.4) is 0 Å². The summed E-state index contributed by atoms with van der Waals surface area (Å²) in [5.74, 6) is -1.36. The van der Waals surface area contributed by atoms with Crippen LogP contribution in [0.15, 0.2) is 59.5 Å². The lowest BCUT2D eigenvalue weighted by atomic mass is 10.1. The molecule has 7 heteroatoms. The van der Waals surface area contributed by atoms with Crippen molar-refractivity contribution in [3.8, 4) is 0 Å². The van der Waals surface area contributed by atoms with Gasteiger partial charge in [0.2, 0.25) is 0 Å². The van der Waals surface area contributed by atoms with Crippen molar-refractivity contribution in [1.82, 2.24) is 0 Å². The van der Waals surface area contributed by atoms with Gasteiger partial charge < -0.3 is 10.5 Å². The van der Waals surface area contributed by atoms with E-state index in [0.29, 0.717) is 10.6 Å². The van der Waals surface area contributed by atoms with Gasteiger partial charge in [-0.25, -0.2) is 13.2 Å². The lowest BCUT2D eigenvalue weighted by Gasteiger charge is -2.11. The Morgan fingerprint density at radius 2 is 1.76 bits per heavy atom. The third-order valence-corrected chi connectivity index (χ3v) is 6.96. The van der Waals surface area contributed by atoms with Crippen molar-refractivity contribution in [3.05, 3.63) is 65.2 Å². The van der Waals surface area contributed by atoms with E-state index in [1.807, 2.05) is 6.07 Å². The highest BCUT2D eigenvalue weighted by molar-refractivity contribution is 7.92. The summed E-state index contributed by atoms with van der Waals surface area (Å²) in [6.45, 7) is 1.79. The minimum atomic E-state index is -3.84. The molecule has 2 aromatic carbocycles. The highest BCUT2D eigenvalue weighted by atomic mass is 35.5. The third kappa shape index (κ3) is 2.94. The second kappa shape index (κ2) is 6.44. The normalized spacial score (nSPS) is 25.4. The summed E-state index contributed by atoms with van der Waals surface area (Å²) in [4.78, 5) is 12.5. The molecule has 2 N–H and O–H groups in total. The Hall–Kier alpha value is -1.89. The van der Waals surface area contributed by atoms with Crippen molar-refractivity contribution in [2.45, 2.75) is 28.5 Å². The van der Waals surface area contributed by atoms with Crippen molar-refractivity contribution in [1.29, 1.82) is 0 Å². The average molecular weight is 380 g/mol. The van der Waals surface area contributed by atoms with Crippen LogP contribution in [0, 0.1) is 0 Å². The van der Waals surface area contributed by atoms with Crippen molar-refractivity contribution in [2.24, 2.45) is 5.73 Å². The molecule has 0 spiro atoms. The van der Waals surface area contributed by atoms with Gasteiger partial charge in [-0.3, -0.25) is 0 Å². The predicted molar refractivity (Wildman–Crippen MR) is 95.2 cm³/mol. The van der Waals surface area contributed by atoms with Gasteiger partial charge in [0.1, 0.15) is 10.8 Å². The summed E-state index contributed by atoms with van der Waals surface area (Å²) < 4.78 is 31.2. The molecule has 1 saturated carbocycles. The molecule has 0 aromatic heterocycles. The fourth-order valence-corrected chi connectivity index (χ4v) is 5.54. The number of halogens is 1. The molecule has 1 aliphatic carbocycles. The Balaban J connectivity index is 2.05. The van der Waals surface area contributed by atoms with Gasteiger partial charge in [0.25, 0.3) is 0 Å². The number of esters is 1. The SMILES string of the molecule is CCOC(=O)[C@@]1(N)[C@H](c2ccccc2)[C@@H]1S(=O)(=O)c1ccc(Cl)cc1. The topological polar surface area (TPSA) is 86.5 Å². The molecule has 0 radical (unpaired) electrons. The van der Waals surface area contributed by atoms with Crippen LogP contribution < -0.4 is 5.73 Å². The summed E-state index contributed by atoms with van der Waals surface area (Å²) in [6.07, 6.45) is 0. The van der Waals surface area contributed by atoms with Gasteiger partial charge in [-0.15, -0.1) is 0 Å². The maximum atomic E-state index is 13.1. The van der Waals surface area contributed by atoms with E-state index in [1.165, 1.54) is 24.3 Å². The molecule has 0 aliphatic heterocycles. The first-order valence-corrected chi connectivity index (χ1v) is 9.76. The molecule has 132 valence electrons. The quantitative estimate of drug-likeness (QED) is 0.807. The van der Waals surface area contributed by atoms with Crippen molar-refractivity contribution in [2.75, 3.05) is 6.61 Å². The molecule has 5 nitrogen and oxygen atoms in total. The average Bonchev–Trinajstić information content (AvgIpc) is 3.25. The molecule has 0 heterocycles. The van der Waals surface area contributed by atoms with Gasteiger partial charge in [-0.1, -0.05) is 41.9 Å². The molecule has 0 bridgehead atoms. The van der Waals surface area contributed by atoms with E-state index in [0.717, 1.165) is 0 Å². The van der Waals surface area contributed by atoms with E-state index in [4.69, 9.17) is 22.1 Å². The molecule has 25 heavy (non-hydrogen) atoms. The smallest absolute Gasteiger partial charge is 0.328 e. The Labute approximate surface area is 151 Å². The summed E-state index contributed by atoms with van der Waals surface area (Å²) in [5.41, 5.74) is 5.36. The molecule has 2 aromatic rings. The fraction of sp³-hybridized carbons (Fsp3) is 0.278. The van der Waals surface area contributed by atoms with E-state index in [1.54, 1.807) is 31.2 Å². The summed E-state index contributed by atoms with van der Waals surface area (Å²) in [7, 11) is -3.84. The highest BCUT2D eigenvalue weighted by Gasteiger charge is 2.74. The predicted octanol–water partition coefficient (Wildman–Crippen LogP) is 2.54. The molecule has 1 aliphatic rings. The number of hydrogen-bond donors (Lipinski definition) is 1. The molecular weight excluding hydrogens is 362 g/mol. The number of ether oxygens (including phenoxy) is 1. The Morgan fingerprint density at radius 1 is 1.16 bits per heavy atom. The molecule has 0 saturated heterocycles. The van der Waals surface area contributed by atoms with Gasteiger partial charge in [0.05, 0.1) is 11.5 Å². The number of nitrogens with two attached hydrogens (primary N) is 1. The van der Waals surface area contributed by atoms with Crippen LogP contribution in [0.25, 0.3) is 0 Å². The maximum Gasteiger partial charge on any atom is 0.328 e. The Morgan fingerprint density at radius 3 is 2.32 bits per heavy atom. The second-order valence-corrected chi connectivity index (χ2v) is 8.47. The van der Waals surface area contributed by atoms with Crippen LogP contribution >= 0.6 is 11.6 Å². The van der Waals surface area contributed by atoms with Crippen LogP contribution in [0.5, 0.6) is 0 Å². The lowest BCUT2D eigenvalue weighted by Crippen LogP contribution is -2.41. The Kier molecular flexibility index (Phi) is 4.62. The van der Waals surface area contributed by atoms with Crippen molar-refractivity contribution >= 4 is 27.4 Å². The van der Waals surface area contributed by atoms with Crippen LogP contribution in [0.1, 0.15) is 18.4 Å². The first-order chi connectivity index (χ1) is 11.8. The Bertz CT molecular complexity index is 883. The van der Waals surface area contributed by atoms with Crippen LogP contribution in [0.2, 0.25) is 5.02 Å². The molecule has 1 fully saturated rings. The van der Waals surface area contributed by atoms with Crippen molar-refractivity contribution < 1.29 is 17.9 Å². The van der Waals surface area contributed by atoms with E-state index in [9.17, 15) is 13.2 Å². The van der Waals surface area contributed by atoms with Crippen LogP contribution in [-0.4, -0.2) is 31.8 Å². The van der Waals surface area contributed by atoms with Crippen LogP contribution in [-0.2, 0) is 19.4 Å². The molecule has 0 unspecified atom stereocenters. The zero-order valence-corrected chi connectivity index (χ0v) is 15.1. The minimum Gasteiger partial charge on any atom is -0.465 e. The van der Waals surface area contributed by atoms with E-state index in [-0.39, 0.29) is 11.5 Å². The van der Waals surface area contributed by atoms with E-state index < -0.39 is 32.5 Å². The number of benzene rings is 2. The number of sulfone groups is 1. The minimum absolute atomic E-state index is 0.0828.